The molecule has 0 spiro atoms. The van der Waals surface area contributed by atoms with E-state index in [-0.39, 0.29) is 18.9 Å². The highest BCUT2D eigenvalue weighted by Crippen LogP contribution is 2.30. The fraction of sp³-hybridized carbons (Fsp3) is 0.667. The molecule has 0 saturated carbocycles. The molecule has 9 N–H and O–H groups in total. The zero-order chi connectivity index (χ0) is 68.7. The van der Waals surface area contributed by atoms with Crippen LogP contribution in [-0.2, 0) is 23.7 Å². The third-order valence-electron chi connectivity index (χ3n) is 16.9. The third kappa shape index (κ3) is 46.5. The summed E-state index contributed by atoms with van der Waals surface area (Å²) in [4.78, 5) is 13.3. The first-order valence-corrected chi connectivity index (χ1v) is 37.2. The van der Waals surface area contributed by atoms with Gasteiger partial charge in [0.2, 0.25) is 5.91 Å². The predicted octanol–water partition coefficient (Wildman–Crippen LogP) is 16.2. The largest absolute Gasteiger partial charge is 0.394 e. The highest BCUT2D eigenvalue weighted by Gasteiger charge is 2.51. The number of rotatable bonds is 59. The van der Waals surface area contributed by atoms with Gasteiger partial charge in [-0.3, -0.25) is 4.79 Å². The number of nitrogens with one attached hydrogen (secondary N) is 1. The number of hydrogen-bond donors (Lipinski definition) is 9. The number of allylic oxidation sites excluding steroid dienone is 25. The summed E-state index contributed by atoms with van der Waals surface area (Å²) in [6, 6.07) is -0.964. The van der Waals surface area contributed by atoms with Crippen LogP contribution < -0.4 is 5.32 Å². The van der Waals surface area contributed by atoms with Crippen molar-refractivity contribution in [2.75, 3.05) is 19.8 Å². The second-order valence-corrected chi connectivity index (χ2v) is 25.3. The maximum atomic E-state index is 13.3. The van der Waals surface area contributed by atoms with Crippen LogP contribution in [0.25, 0.3) is 0 Å². The van der Waals surface area contributed by atoms with Crippen molar-refractivity contribution in [3.63, 3.8) is 0 Å². The molecule has 0 aromatic rings. The van der Waals surface area contributed by atoms with E-state index in [1.807, 2.05) is 6.08 Å². The minimum absolute atomic E-state index is 0.223. The average molecular weight is 1330 g/mol. The molecule has 14 nitrogen and oxygen atoms in total. The highest BCUT2D eigenvalue weighted by atomic mass is 16.7. The second-order valence-electron chi connectivity index (χ2n) is 25.3. The number of carbonyl (C=O) groups excluding carboxylic acids is 1. The second kappa shape index (κ2) is 63.1. The average Bonchev–Trinajstić information content (AvgIpc) is 0.927. The van der Waals surface area contributed by atoms with Crippen molar-refractivity contribution < 1.29 is 64.6 Å². The zero-order valence-electron chi connectivity index (χ0n) is 58.8. The van der Waals surface area contributed by atoms with Crippen LogP contribution in [0, 0.1) is 0 Å². The van der Waals surface area contributed by atoms with Crippen LogP contribution in [0.5, 0.6) is 0 Å². The summed E-state index contributed by atoms with van der Waals surface area (Å²) in [7, 11) is 0. The summed E-state index contributed by atoms with van der Waals surface area (Å²) >= 11 is 0. The molecule has 540 valence electrons. The van der Waals surface area contributed by atoms with E-state index in [4.69, 9.17) is 18.9 Å². The van der Waals surface area contributed by atoms with Crippen LogP contribution in [0.15, 0.2) is 158 Å². The van der Waals surface area contributed by atoms with Crippen molar-refractivity contribution >= 4 is 5.91 Å². The predicted molar refractivity (Wildman–Crippen MR) is 391 cm³/mol. The number of carbonyl (C=O) groups is 1. The highest BCUT2D eigenvalue weighted by molar-refractivity contribution is 5.76. The van der Waals surface area contributed by atoms with Gasteiger partial charge in [0.15, 0.2) is 12.6 Å². The van der Waals surface area contributed by atoms with E-state index in [2.05, 4.69) is 165 Å². The number of aliphatic hydroxyl groups excluding tert-OH is 8. The molecule has 2 rings (SSSR count). The smallest absolute Gasteiger partial charge is 0.220 e. The van der Waals surface area contributed by atoms with Gasteiger partial charge in [0, 0.05) is 6.42 Å². The first kappa shape index (κ1) is 86.7. The van der Waals surface area contributed by atoms with Gasteiger partial charge in [0.25, 0.3) is 0 Å². The SMILES string of the molecule is CC/C=C\C/C=C\C/C=C\C/C=C\C/C=C\C/C=C\C/C=C\C/C=C\C/C=C\C/C=C\C/C=C\CCCCCC(=O)NC(COC1OC(CO)C(OC2OC(CO)C(O)C(O)C2O)C(O)C1O)C(O)/C=C/CC/C=C/CCCCCCCCCCCCCCCCCCCC. The van der Waals surface area contributed by atoms with Gasteiger partial charge in [-0.25, -0.2) is 0 Å². The lowest BCUT2D eigenvalue weighted by Gasteiger charge is -2.46. The molecule has 2 fully saturated rings. The maximum absolute atomic E-state index is 13.3. The van der Waals surface area contributed by atoms with E-state index in [9.17, 15) is 45.6 Å². The lowest BCUT2D eigenvalue weighted by atomic mass is 9.97. The molecule has 2 heterocycles. The van der Waals surface area contributed by atoms with E-state index in [1.54, 1.807) is 6.08 Å². The molecule has 0 aliphatic carbocycles. The van der Waals surface area contributed by atoms with Gasteiger partial charge in [0.05, 0.1) is 32.0 Å². The van der Waals surface area contributed by atoms with Gasteiger partial charge < -0.3 is 65.1 Å². The fourth-order valence-corrected chi connectivity index (χ4v) is 11.1. The molecular formula is C81H133NO13. The van der Waals surface area contributed by atoms with Crippen molar-refractivity contribution in [3.05, 3.63) is 158 Å². The summed E-state index contributed by atoms with van der Waals surface area (Å²) in [6.07, 6.45) is 80.1. The van der Waals surface area contributed by atoms with Crippen LogP contribution in [0.4, 0.5) is 0 Å². The normalized spacial score (nSPS) is 23.3. The molecule has 12 atom stereocenters. The summed E-state index contributed by atoms with van der Waals surface area (Å²) in [5.41, 5.74) is 0. The molecule has 2 aliphatic rings. The molecule has 0 bridgehead atoms. The van der Waals surface area contributed by atoms with Gasteiger partial charge >= 0.3 is 0 Å². The standard InChI is InChI=1S/C81H133NO13/c1-3-5-7-9-11-13-15-17-19-21-23-25-27-29-30-31-32-33-34-35-36-37-38-39-40-41-43-45-47-49-51-53-55-57-59-61-63-65-73(86)82-69(68-92-80-78(91)76(89)79(72(67-84)94-80)95-81-77(90)75(88)74(87)71(66-83)93-81)70(85)64-62-60-58-56-54-52-50-48-46-44-42-28-26-24-22-20-18-16-14-12-10-8-6-4-2/h5,7,11,13,17,19,23,25,29-30,32-33,35-36,38-39,41,43,47,49,53-56,62,64,69-72,74-81,83-85,87-91H,3-4,6,8-10,12,14-16,18,20-22,24,26-28,31,34,37,40,42,44-46,48,50-52,57-61,63,65-68H2,1-2H3,(H,82,86)/b7-5-,13-11-,19-17-,25-23-,30-29-,33-32-,36-35-,39-38-,43-41-,49-47-,55-53-,56-54+,64-62+. The Morgan fingerprint density at radius 1 is 0.389 bits per heavy atom. The van der Waals surface area contributed by atoms with Gasteiger partial charge in [-0.15, -0.1) is 0 Å². The number of aliphatic hydroxyl groups is 8. The zero-order valence-corrected chi connectivity index (χ0v) is 58.8. The Labute approximate surface area is 575 Å². The van der Waals surface area contributed by atoms with Crippen molar-refractivity contribution in [1.29, 1.82) is 0 Å². The minimum atomic E-state index is -1.80. The number of amides is 1. The molecule has 1 amide bonds. The molecule has 0 aromatic carbocycles. The van der Waals surface area contributed by atoms with Crippen LogP contribution in [0.3, 0.4) is 0 Å². The quantitative estimate of drug-likeness (QED) is 0.0204. The van der Waals surface area contributed by atoms with E-state index >= 15 is 0 Å². The lowest BCUT2D eigenvalue weighted by Crippen LogP contribution is -2.65. The first-order chi connectivity index (χ1) is 46.6. The number of unbranched alkanes of at least 4 members (excludes halogenated alkanes) is 22. The van der Waals surface area contributed by atoms with Crippen LogP contribution >= 0.6 is 0 Å². The molecule has 2 aliphatic heterocycles. The first-order valence-electron chi connectivity index (χ1n) is 37.2. The van der Waals surface area contributed by atoms with Crippen molar-refractivity contribution in [2.24, 2.45) is 0 Å². The van der Waals surface area contributed by atoms with E-state index in [1.165, 1.54) is 116 Å². The molecule has 14 heteroatoms. The maximum Gasteiger partial charge on any atom is 0.220 e. The third-order valence-corrected chi connectivity index (χ3v) is 16.9. The monoisotopic (exact) mass is 1330 g/mol. The Hall–Kier alpha value is -4.39. The number of ether oxygens (including phenoxy) is 4. The Morgan fingerprint density at radius 2 is 0.737 bits per heavy atom. The minimum Gasteiger partial charge on any atom is -0.394 e. The summed E-state index contributed by atoms with van der Waals surface area (Å²) in [5.74, 6) is -0.286. The molecule has 0 radical (unpaired) electrons. The van der Waals surface area contributed by atoms with Gasteiger partial charge in [-0.2, -0.15) is 0 Å². The van der Waals surface area contributed by atoms with Crippen LogP contribution in [0.2, 0.25) is 0 Å². The molecule has 95 heavy (non-hydrogen) atoms. The Balaban J connectivity index is 1.70. The van der Waals surface area contributed by atoms with E-state index in [0.717, 1.165) is 103 Å². The topological polar surface area (TPSA) is 228 Å². The van der Waals surface area contributed by atoms with E-state index in [0.29, 0.717) is 12.8 Å². The van der Waals surface area contributed by atoms with E-state index < -0.39 is 86.8 Å². The summed E-state index contributed by atoms with van der Waals surface area (Å²) in [5, 5.41) is 87.5. The Bertz CT molecular complexity index is 2210. The molecule has 12 unspecified atom stereocenters. The van der Waals surface area contributed by atoms with Gasteiger partial charge in [-0.05, 0) is 116 Å². The molecule has 0 aromatic heterocycles. The Morgan fingerprint density at radius 3 is 1.16 bits per heavy atom. The van der Waals surface area contributed by atoms with Crippen LogP contribution in [-0.4, -0.2) is 140 Å². The molecular weight excluding hydrogens is 1190 g/mol. The lowest BCUT2D eigenvalue weighted by molar-refractivity contribution is -0.359. The fourth-order valence-electron chi connectivity index (χ4n) is 11.1. The molecule has 2 saturated heterocycles. The van der Waals surface area contributed by atoms with Gasteiger partial charge in [0.1, 0.15) is 48.8 Å². The van der Waals surface area contributed by atoms with Crippen molar-refractivity contribution in [3.8, 4) is 0 Å². The van der Waals surface area contributed by atoms with Crippen LogP contribution in [0.1, 0.15) is 251 Å². The Kier molecular flexibility index (Phi) is 57.6. The van der Waals surface area contributed by atoms with Crippen molar-refractivity contribution in [1.82, 2.24) is 5.32 Å². The summed E-state index contributed by atoms with van der Waals surface area (Å²) in [6.45, 7) is 2.65. The van der Waals surface area contributed by atoms with Gasteiger partial charge in [-0.1, -0.05) is 287 Å². The van der Waals surface area contributed by atoms with Crippen molar-refractivity contribution in [2.45, 2.75) is 325 Å². The summed E-state index contributed by atoms with van der Waals surface area (Å²) < 4.78 is 22.8. The number of hydrogen-bond acceptors (Lipinski definition) is 13.